The molecule has 5 N–H and O–H groups in total. The fraction of sp³-hybridized carbons (Fsp3) is 0.130. The van der Waals surface area contributed by atoms with Crippen molar-refractivity contribution in [1.29, 1.82) is 0 Å². The normalized spacial score (nSPS) is 12.5. The molecule has 5 rings (SSSR count). The minimum Gasteiger partial charge on any atom is -0.489 e. The Morgan fingerprint density at radius 2 is 1.52 bits per heavy atom. The van der Waals surface area contributed by atoms with E-state index in [4.69, 9.17) is 33.7 Å². The van der Waals surface area contributed by atoms with E-state index in [0.29, 0.717) is 16.7 Å². The zero-order valence-corrected chi connectivity index (χ0v) is 18.0. The summed E-state index contributed by atoms with van der Waals surface area (Å²) in [5, 5.41) is 5.62. The van der Waals surface area contributed by atoms with Crippen LogP contribution in [0.1, 0.15) is 6.42 Å². The van der Waals surface area contributed by atoms with Crippen molar-refractivity contribution in [2.75, 3.05) is 13.2 Å². The molecule has 0 bridgehead atoms. The van der Waals surface area contributed by atoms with Crippen LogP contribution in [0.5, 0.6) is 5.75 Å². The molecule has 0 amide bonds. The minimum absolute atomic E-state index is 0.535. The number of H-pyrrole nitrogens is 2. The van der Waals surface area contributed by atoms with Gasteiger partial charge in [-0.15, -0.1) is 0 Å². The van der Waals surface area contributed by atoms with E-state index in [-0.39, 0.29) is 0 Å². The van der Waals surface area contributed by atoms with Gasteiger partial charge in [0.05, 0.1) is 24.2 Å². The third-order valence-corrected chi connectivity index (χ3v) is 5.78. The van der Waals surface area contributed by atoms with Gasteiger partial charge in [0.15, 0.2) is 5.75 Å². The fourth-order valence-corrected chi connectivity index (χ4v) is 4.29. The molecule has 0 aliphatic carbocycles. The Bertz CT molecular complexity index is 1390. The molecule has 0 aliphatic heterocycles. The van der Waals surface area contributed by atoms with Gasteiger partial charge in [-0.25, -0.2) is 0 Å². The average Bonchev–Trinajstić information content (AvgIpc) is 3.30. The van der Waals surface area contributed by atoms with Gasteiger partial charge in [0.25, 0.3) is 6.34 Å². The molecule has 0 saturated heterocycles. The molecule has 0 fully saturated rings. The van der Waals surface area contributed by atoms with E-state index in [1.807, 2.05) is 36.4 Å². The zero-order valence-electron chi connectivity index (χ0n) is 16.5. The molecule has 0 spiro atoms. The lowest BCUT2D eigenvalue weighted by Crippen LogP contribution is -2.68. The molecule has 5 aromatic rings. The van der Waals surface area contributed by atoms with Crippen LogP contribution in [-0.4, -0.2) is 35.8 Å². The number of nitrogens with one attached hydrogen (secondary N) is 3. The van der Waals surface area contributed by atoms with Crippen molar-refractivity contribution in [2.24, 2.45) is 10.7 Å². The van der Waals surface area contributed by atoms with Gasteiger partial charge in [-0.05, 0) is 47.5 Å². The topological polar surface area (TPSA) is 93.2 Å². The van der Waals surface area contributed by atoms with Gasteiger partial charge in [-0.2, -0.15) is 0 Å². The lowest BCUT2D eigenvalue weighted by atomic mass is 10.1. The van der Waals surface area contributed by atoms with Gasteiger partial charge >= 0.3 is 0 Å². The Hall–Kier alpha value is -3.22. The summed E-state index contributed by atoms with van der Waals surface area (Å²) in [5.74, 6) is 0.788. The summed E-state index contributed by atoms with van der Waals surface area (Å²) in [7, 11) is 0. The first kappa shape index (κ1) is 19.7. The second-order valence-corrected chi connectivity index (χ2v) is 8.14. The first-order valence-electron chi connectivity index (χ1n) is 9.92. The Labute approximate surface area is 187 Å². The summed E-state index contributed by atoms with van der Waals surface area (Å²) < 4.78 is 6.31. The van der Waals surface area contributed by atoms with Crippen LogP contribution < -0.4 is 15.5 Å². The number of aromatic nitrogens is 2. The van der Waals surface area contributed by atoms with Crippen LogP contribution in [0.2, 0.25) is 10.0 Å². The van der Waals surface area contributed by atoms with Crippen LogP contribution in [0.15, 0.2) is 47.5 Å². The molecule has 0 radical (unpaired) electrons. The first-order valence-corrected chi connectivity index (χ1v) is 10.7. The van der Waals surface area contributed by atoms with Crippen molar-refractivity contribution >= 4 is 79.5 Å². The van der Waals surface area contributed by atoms with Crippen molar-refractivity contribution in [1.82, 2.24) is 9.97 Å². The fourth-order valence-electron chi connectivity index (χ4n) is 3.95. The Morgan fingerprint density at radius 1 is 0.903 bits per heavy atom. The molecule has 156 valence electrons. The largest absolute Gasteiger partial charge is 0.489 e. The van der Waals surface area contributed by atoms with Gasteiger partial charge in [-0.1, -0.05) is 23.2 Å². The third kappa shape index (κ3) is 3.58. The molecular weight excluding hydrogens is 433 g/mol. The van der Waals surface area contributed by atoms with Gasteiger partial charge in [0.2, 0.25) is 6.34 Å². The Balaban J connectivity index is 1.65. The van der Waals surface area contributed by atoms with Crippen LogP contribution in [-0.2, 0) is 0 Å². The number of benzene rings is 3. The zero-order chi connectivity index (χ0) is 21.4. The monoisotopic (exact) mass is 452 g/mol. The van der Waals surface area contributed by atoms with Gasteiger partial charge in [-0.3, -0.25) is 4.99 Å². The van der Waals surface area contributed by atoms with Gasteiger partial charge in [0.1, 0.15) is 0 Å². The summed E-state index contributed by atoms with van der Waals surface area (Å²) in [6.45, 7) is 1.26. The number of nitrogens with two attached hydrogens (primary N) is 1. The van der Waals surface area contributed by atoms with E-state index in [0.717, 1.165) is 62.3 Å². The number of nitrogens with zero attached hydrogens (tertiary/aromatic N) is 1. The van der Waals surface area contributed by atoms with Crippen LogP contribution >= 0.6 is 23.2 Å². The van der Waals surface area contributed by atoms with Crippen LogP contribution in [0.4, 0.5) is 0 Å². The van der Waals surface area contributed by atoms with Crippen LogP contribution in [0, 0.1) is 0 Å². The van der Waals surface area contributed by atoms with E-state index in [1.54, 1.807) is 6.34 Å². The number of rotatable bonds is 6. The summed E-state index contributed by atoms with van der Waals surface area (Å²) in [4.78, 5) is 13.9. The number of hydrogen-bond donors (Lipinski definition) is 4. The van der Waals surface area contributed by atoms with E-state index in [2.05, 4.69) is 26.0 Å². The third-order valence-electron chi connectivity index (χ3n) is 5.31. The molecule has 2 aromatic heterocycles. The number of ether oxygens (including phenoxy) is 1. The SMILES string of the molecule is NC=NC=[NH+]CCCOc1c2[nH]c3ccc(Cl)cc3c2cc2c1[nH]c1ccc(Cl)cc12. The maximum Gasteiger partial charge on any atom is 0.281 e. The van der Waals surface area contributed by atoms with E-state index >= 15 is 0 Å². The van der Waals surface area contributed by atoms with Crippen molar-refractivity contribution < 1.29 is 9.73 Å². The van der Waals surface area contributed by atoms with Crippen LogP contribution in [0.25, 0.3) is 43.6 Å². The molecule has 0 aliphatic rings. The molecule has 31 heavy (non-hydrogen) atoms. The summed E-state index contributed by atoms with van der Waals surface area (Å²) in [6.07, 6.45) is 3.61. The smallest absolute Gasteiger partial charge is 0.281 e. The predicted octanol–water partition coefficient (Wildman–Crippen LogP) is 4.13. The van der Waals surface area contributed by atoms with E-state index in [9.17, 15) is 0 Å². The number of aromatic amines is 2. The minimum atomic E-state index is 0.535. The summed E-state index contributed by atoms with van der Waals surface area (Å²) in [5.41, 5.74) is 9.12. The molecular formula is C23H20Cl2N5O+. The molecule has 3 aromatic carbocycles. The lowest BCUT2D eigenvalue weighted by Gasteiger charge is -2.08. The second kappa shape index (κ2) is 8.13. The molecule has 2 heterocycles. The molecule has 8 heteroatoms. The molecule has 6 nitrogen and oxygen atoms in total. The van der Waals surface area contributed by atoms with Crippen molar-refractivity contribution in [3.05, 3.63) is 52.5 Å². The van der Waals surface area contributed by atoms with Crippen molar-refractivity contribution in [3.8, 4) is 5.75 Å². The van der Waals surface area contributed by atoms with Crippen molar-refractivity contribution in [3.63, 3.8) is 0 Å². The molecule has 0 saturated carbocycles. The number of fused-ring (bicyclic) bond motifs is 6. The quantitative estimate of drug-likeness (QED) is 0.177. The maximum atomic E-state index is 6.31. The maximum absolute atomic E-state index is 6.31. The molecule has 0 atom stereocenters. The predicted molar refractivity (Wildman–Crippen MR) is 130 cm³/mol. The second-order valence-electron chi connectivity index (χ2n) is 7.26. The summed E-state index contributed by atoms with van der Waals surface area (Å²) in [6, 6.07) is 13.9. The standard InChI is InChI=1S/C23H19Cl2N5O/c24-13-2-4-19-15(8-13)17-10-18-16-9-14(25)3-5-20(16)30-22(18)23(21(17)29-19)31-7-1-6-27-12-28-11-26/h2-5,8-12,29-30H,1,6-7H2,(H2,26,27,28)/p+1. The highest BCUT2D eigenvalue weighted by Crippen LogP contribution is 2.41. The number of aliphatic imine (C=N–C) groups is 1. The highest BCUT2D eigenvalue weighted by atomic mass is 35.5. The van der Waals surface area contributed by atoms with Gasteiger partial charge in [0, 0.05) is 49.0 Å². The Kier molecular flexibility index (Phi) is 5.18. The lowest BCUT2D eigenvalue weighted by molar-refractivity contribution is -0.453. The van der Waals surface area contributed by atoms with E-state index < -0.39 is 0 Å². The van der Waals surface area contributed by atoms with Crippen molar-refractivity contribution in [2.45, 2.75) is 6.42 Å². The number of halogens is 2. The highest BCUT2D eigenvalue weighted by molar-refractivity contribution is 6.33. The van der Waals surface area contributed by atoms with E-state index in [1.165, 1.54) is 6.34 Å². The summed E-state index contributed by atoms with van der Waals surface area (Å²) >= 11 is 12.6. The first-order chi connectivity index (χ1) is 15.2. The average molecular weight is 453 g/mol. The number of hydrogen-bond acceptors (Lipinski definition) is 1. The molecule has 0 unspecified atom stereocenters. The Morgan fingerprint density at radius 3 is 2.10 bits per heavy atom. The van der Waals surface area contributed by atoms with Gasteiger partial charge < -0.3 is 20.4 Å². The van der Waals surface area contributed by atoms with Crippen LogP contribution in [0.3, 0.4) is 0 Å². The highest BCUT2D eigenvalue weighted by Gasteiger charge is 2.18.